The van der Waals surface area contributed by atoms with Gasteiger partial charge in [0.25, 0.3) is 0 Å². The fourth-order valence-electron chi connectivity index (χ4n) is 2.28. The van der Waals surface area contributed by atoms with E-state index in [1.807, 2.05) is 30.3 Å². The van der Waals surface area contributed by atoms with Crippen LogP contribution in [0.5, 0.6) is 11.5 Å². The van der Waals surface area contributed by atoms with Gasteiger partial charge in [0, 0.05) is 6.08 Å². The van der Waals surface area contributed by atoms with E-state index in [1.165, 1.54) is 20.3 Å². The minimum Gasteiger partial charge on any atom is -0.469 e. The highest BCUT2D eigenvalue weighted by atomic mass is 16.5. The van der Waals surface area contributed by atoms with E-state index in [0.29, 0.717) is 11.5 Å². The molecule has 2 rings (SSSR count). The average Bonchev–Trinajstić information content (AvgIpc) is 2.72. The Bertz CT molecular complexity index is 847. The molecule has 1 atom stereocenters. The van der Waals surface area contributed by atoms with Crippen molar-refractivity contribution in [2.45, 2.75) is 12.5 Å². The van der Waals surface area contributed by atoms with Crippen molar-refractivity contribution in [2.24, 2.45) is 0 Å². The van der Waals surface area contributed by atoms with Crippen molar-refractivity contribution in [3.63, 3.8) is 0 Å². The van der Waals surface area contributed by atoms with Gasteiger partial charge in [-0.15, -0.1) is 0 Å². The standard InChI is InChI=1S/C21H21NO6/c1-26-20(24)14-18(21(25)27-2)22-19(23)12-11-15-7-6-10-17(13-15)28-16-8-4-3-5-9-16/h3-13,18H,14H2,1-2H3,(H,22,23)/b12-11+. The summed E-state index contributed by atoms with van der Waals surface area (Å²) in [5, 5.41) is 2.43. The summed E-state index contributed by atoms with van der Waals surface area (Å²) in [6.45, 7) is 0. The molecule has 28 heavy (non-hydrogen) atoms. The van der Waals surface area contributed by atoms with Crippen LogP contribution in [0.4, 0.5) is 0 Å². The summed E-state index contributed by atoms with van der Waals surface area (Å²) in [6.07, 6.45) is 2.51. The lowest BCUT2D eigenvalue weighted by Gasteiger charge is -2.14. The molecule has 7 nitrogen and oxygen atoms in total. The molecule has 7 heteroatoms. The number of rotatable bonds is 8. The fraction of sp³-hybridized carbons (Fsp3) is 0.190. The van der Waals surface area contributed by atoms with Gasteiger partial charge in [-0.3, -0.25) is 9.59 Å². The van der Waals surface area contributed by atoms with Crippen molar-refractivity contribution in [1.29, 1.82) is 0 Å². The smallest absolute Gasteiger partial charge is 0.328 e. The molecule has 146 valence electrons. The van der Waals surface area contributed by atoms with E-state index in [4.69, 9.17) is 4.74 Å². The second-order valence-electron chi connectivity index (χ2n) is 5.69. The second-order valence-corrected chi connectivity index (χ2v) is 5.69. The Balaban J connectivity index is 2.01. The number of benzene rings is 2. The highest BCUT2D eigenvalue weighted by molar-refractivity contribution is 5.95. The molecule has 0 saturated heterocycles. The third kappa shape index (κ3) is 6.60. The summed E-state index contributed by atoms with van der Waals surface area (Å²) >= 11 is 0. The van der Waals surface area contributed by atoms with Crippen LogP contribution >= 0.6 is 0 Å². The minimum absolute atomic E-state index is 0.316. The Kier molecular flexibility index (Phi) is 7.77. The molecule has 0 bridgehead atoms. The average molecular weight is 383 g/mol. The lowest BCUT2D eigenvalue weighted by atomic mass is 10.2. The molecule has 0 spiro atoms. The summed E-state index contributed by atoms with van der Waals surface area (Å²) in [7, 11) is 2.37. The number of amides is 1. The maximum atomic E-state index is 12.1. The van der Waals surface area contributed by atoms with Gasteiger partial charge >= 0.3 is 11.9 Å². The largest absolute Gasteiger partial charge is 0.469 e. The van der Waals surface area contributed by atoms with E-state index in [1.54, 1.807) is 30.3 Å². The number of nitrogens with one attached hydrogen (secondary N) is 1. The highest BCUT2D eigenvalue weighted by Crippen LogP contribution is 2.22. The Labute approximate surface area is 162 Å². The van der Waals surface area contributed by atoms with Gasteiger partial charge in [-0.2, -0.15) is 0 Å². The van der Waals surface area contributed by atoms with E-state index in [-0.39, 0.29) is 6.42 Å². The second kappa shape index (κ2) is 10.5. The molecule has 0 aliphatic carbocycles. The number of methoxy groups -OCH3 is 2. The molecular weight excluding hydrogens is 362 g/mol. The maximum Gasteiger partial charge on any atom is 0.328 e. The summed E-state index contributed by atoms with van der Waals surface area (Å²) in [5.74, 6) is -0.596. The third-order valence-corrected chi connectivity index (χ3v) is 3.66. The van der Waals surface area contributed by atoms with Gasteiger partial charge < -0.3 is 19.5 Å². The maximum absolute atomic E-state index is 12.1. The van der Waals surface area contributed by atoms with E-state index in [9.17, 15) is 14.4 Å². The molecule has 0 fully saturated rings. The first kappa shape index (κ1) is 20.7. The SMILES string of the molecule is COC(=O)CC(NC(=O)/C=C/c1cccc(Oc2ccccc2)c1)C(=O)OC. The topological polar surface area (TPSA) is 90.9 Å². The van der Waals surface area contributed by atoms with Crippen LogP contribution in [0, 0.1) is 0 Å². The molecule has 0 radical (unpaired) electrons. The van der Waals surface area contributed by atoms with Crippen molar-refractivity contribution in [3.8, 4) is 11.5 Å². The molecule has 0 saturated carbocycles. The van der Waals surface area contributed by atoms with Crippen molar-refractivity contribution in [1.82, 2.24) is 5.32 Å². The van der Waals surface area contributed by atoms with Crippen LogP contribution < -0.4 is 10.1 Å². The zero-order chi connectivity index (χ0) is 20.4. The van der Waals surface area contributed by atoms with E-state index in [0.717, 1.165) is 5.56 Å². The van der Waals surface area contributed by atoms with Crippen LogP contribution in [0.1, 0.15) is 12.0 Å². The number of carbonyl (C=O) groups excluding carboxylic acids is 3. The lowest BCUT2D eigenvalue weighted by molar-refractivity contribution is -0.150. The Morgan fingerprint density at radius 1 is 0.964 bits per heavy atom. The molecule has 1 unspecified atom stereocenters. The van der Waals surface area contributed by atoms with E-state index >= 15 is 0 Å². The highest BCUT2D eigenvalue weighted by Gasteiger charge is 2.24. The molecule has 1 N–H and O–H groups in total. The van der Waals surface area contributed by atoms with Crippen LogP contribution in [-0.4, -0.2) is 38.1 Å². The van der Waals surface area contributed by atoms with Gasteiger partial charge in [-0.05, 0) is 35.9 Å². The number of hydrogen-bond acceptors (Lipinski definition) is 6. The van der Waals surface area contributed by atoms with Crippen LogP contribution in [-0.2, 0) is 23.9 Å². The van der Waals surface area contributed by atoms with Crippen LogP contribution in [0.25, 0.3) is 6.08 Å². The first-order valence-corrected chi connectivity index (χ1v) is 8.48. The van der Waals surface area contributed by atoms with Crippen molar-refractivity contribution < 1.29 is 28.6 Å². The predicted octanol–water partition coefficient (Wildman–Crippen LogP) is 2.71. The molecule has 0 aliphatic heterocycles. The molecule has 2 aromatic carbocycles. The van der Waals surface area contributed by atoms with Crippen LogP contribution in [0.3, 0.4) is 0 Å². The number of esters is 2. The first-order valence-electron chi connectivity index (χ1n) is 8.48. The Morgan fingerprint density at radius 3 is 2.36 bits per heavy atom. The monoisotopic (exact) mass is 383 g/mol. The quantitative estimate of drug-likeness (QED) is 0.557. The zero-order valence-electron chi connectivity index (χ0n) is 15.6. The number of hydrogen-bond donors (Lipinski definition) is 1. The van der Waals surface area contributed by atoms with E-state index in [2.05, 4.69) is 14.8 Å². The van der Waals surface area contributed by atoms with Gasteiger partial charge in [0.2, 0.25) is 5.91 Å². The summed E-state index contributed by atoms with van der Waals surface area (Å²) in [6, 6.07) is 15.4. The van der Waals surface area contributed by atoms with Crippen molar-refractivity contribution >= 4 is 23.9 Å². The molecule has 1 amide bonds. The third-order valence-electron chi connectivity index (χ3n) is 3.66. The molecule has 0 heterocycles. The molecule has 0 aliphatic rings. The number of para-hydroxylation sites is 1. The van der Waals surface area contributed by atoms with Gasteiger partial charge in [-0.25, -0.2) is 4.79 Å². The number of carbonyl (C=O) groups is 3. The lowest BCUT2D eigenvalue weighted by Crippen LogP contribution is -2.42. The fourth-order valence-corrected chi connectivity index (χ4v) is 2.28. The van der Waals surface area contributed by atoms with Crippen molar-refractivity contribution in [2.75, 3.05) is 14.2 Å². The van der Waals surface area contributed by atoms with Gasteiger partial charge in [-0.1, -0.05) is 30.3 Å². The normalized spacial score (nSPS) is 11.5. The minimum atomic E-state index is -1.12. The van der Waals surface area contributed by atoms with Gasteiger partial charge in [0.05, 0.1) is 20.6 Å². The van der Waals surface area contributed by atoms with Crippen LogP contribution in [0.2, 0.25) is 0 Å². The van der Waals surface area contributed by atoms with Crippen molar-refractivity contribution in [3.05, 3.63) is 66.2 Å². The number of ether oxygens (including phenoxy) is 3. The summed E-state index contributed by atoms with van der Waals surface area (Å²) in [4.78, 5) is 35.2. The predicted molar refractivity (Wildman–Crippen MR) is 103 cm³/mol. The molecule has 0 aromatic heterocycles. The Hall–Kier alpha value is -3.61. The first-order chi connectivity index (χ1) is 13.5. The van der Waals surface area contributed by atoms with E-state index < -0.39 is 23.9 Å². The Morgan fingerprint density at radius 2 is 1.68 bits per heavy atom. The van der Waals surface area contributed by atoms with Gasteiger partial charge in [0.15, 0.2) is 0 Å². The molecule has 2 aromatic rings. The summed E-state index contributed by atoms with van der Waals surface area (Å²) < 4.78 is 14.9. The molecular formula is C21H21NO6. The zero-order valence-corrected chi connectivity index (χ0v) is 15.6. The van der Waals surface area contributed by atoms with Gasteiger partial charge in [0.1, 0.15) is 17.5 Å². The van der Waals surface area contributed by atoms with Crippen LogP contribution in [0.15, 0.2) is 60.7 Å². The summed E-state index contributed by atoms with van der Waals surface area (Å²) in [5.41, 5.74) is 0.728.